The van der Waals surface area contributed by atoms with Crippen molar-refractivity contribution in [1.29, 1.82) is 0 Å². The third-order valence-electron chi connectivity index (χ3n) is 2.55. The Morgan fingerprint density at radius 3 is 2.76 bits per heavy atom. The van der Waals surface area contributed by atoms with Gasteiger partial charge in [0.05, 0.1) is 16.1 Å². The molecule has 7 heteroatoms. The SMILES string of the molecule is O=[N+]([O-])c1ccccc1OCC(O)CSc1ccccn1. The molecule has 1 N–H and O–H groups in total. The molecule has 0 aliphatic carbocycles. The highest BCUT2D eigenvalue weighted by atomic mass is 32.2. The first-order valence-electron chi connectivity index (χ1n) is 6.25. The van der Waals surface area contributed by atoms with Crippen LogP contribution in [-0.2, 0) is 0 Å². The number of aliphatic hydroxyl groups excluding tert-OH is 1. The summed E-state index contributed by atoms with van der Waals surface area (Å²) >= 11 is 1.40. The van der Waals surface area contributed by atoms with Crippen molar-refractivity contribution < 1.29 is 14.8 Å². The summed E-state index contributed by atoms with van der Waals surface area (Å²) in [7, 11) is 0. The molecular weight excluding hydrogens is 292 g/mol. The number of rotatable bonds is 7. The number of nitrogens with zero attached hydrogens (tertiary/aromatic N) is 2. The minimum absolute atomic E-state index is 0.00924. The number of para-hydroxylation sites is 2. The molecule has 1 heterocycles. The summed E-state index contributed by atoms with van der Waals surface area (Å²) in [4.78, 5) is 14.4. The molecule has 2 aromatic rings. The smallest absolute Gasteiger partial charge is 0.310 e. The van der Waals surface area contributed by atoms with Gasteiger partial charge in [-0.3, -0.25) is 10.1 Å². The Bertz CT molecular complexity index is 595. The van der Waals surface area contributed by atoms with Crippen molar-refractivity contribution >= 4 is 17.4 Å². The van der Waals surface area contributed by atoms with E-state index < -0.39 is 11.0 Å². The van der Waals surface area contributed by atoms with Crippen molar-refractivity contribution in [2.45, 2.75) is 11.1 Å². The molecule has 1 unspecified atom stereocenters. The Balaban J connectivity index is 1.84. The maximum absolute atomic E-state index is 10.8. The highest BCUT2D eigenvalue weighted by Gasteiger charge is 2.15. The number of hydrogen-bond acceptors (Lipinski definition) is 6. The molecule has 0 aliphatic heterocycles. The lowest BCUT2D eigenvalue weighted by molar-refractivity contribution is -0.385. The molecule has 1 atom stereocenters. The van der Waals surface area contributed by atoms with E-state index in [-0.39, 0.29) is 18.0 Å². The van der Waals surface area contributed by atoms with Gasteiger partial charge in [0.25, 0.3) is 0 Å². The molecule has 0 radical (unpaired) electrons. The number of benzene rings is 1. The molecule has 110 valence electrons. The number of aromatic nitrogens is 1. The van der Waals surface area contributed by atoms with Gasteiger partial charge < -0.3 is 9.84 Å². The van der Waals surface area contributed by atoms with E-state index in [4.69, 9.17) is 4.74 Å². The third kappa shape index (κ3) is 4.73. The second-order valence-corrected chi connectivity index (χ2v) is 5.21. The predicted octanol–water partition coefficient (Wildman–Crippen LogP) is 2.52. The highest BCUT2D eigenvalue weighted by Crippen LogP contribution is 2.26. The number of ether oxygens (including phenoxy) is 1. The van der Waals surface area contributed by atoms with E-state index >= 15 is 0 Å². The summed E-state index contributed by atoms with van der Waals surface area (Å²) in [6.07, 6.45) is 0.940. The van der Waals surface area contributed by atoms with E-state index in [9.17, 15) is 15.2 Å². The minimum Gasteiger partial charge on any atom is -0.484 e. The van der Waals surface area contributed by atoms with Crippen molar-refractivity contribution in [2.75, 3.05) is 12.4 Å². The summed E-state index contributed by atoms with van der Waals surface area (Å²) in [5.41, 5.74) is -0.109. The fraction of sp³-hybridized carbons (Fsp3) is 0.214. The van der Waals surface area contributed by atoms with Gasteiger partial charge in [-0.1, -0.05) is 18.2 Å². The van der Waals surface area contributed by atoms with Crippen LogP contribution in [-0.4, -0.2) is 33.5 Å². The van der Waals surface area contributed by atoms with Gasteiger partial charge in [-0.05, 0) is 18.2 Å². The zero-order chi connectivity index (χ0) is 15.1. The van der Waals surface area contributed by atoms with Crippen LogP contribution in [0.4, 0.5) is 5.69 Å². The monoisotopic (exact) mass is 306 g/mol. The fourth-order valence-electron chi connectivity index (χ4n) is 1.58. The van der Waals surface area contributed by atoms with E-state index in [1.54, 1.807) is 18.3 Å². The second kappa shape index (κ2) is 7.61. The predicted molar refractivity (Wildman–Crippen MR) is 79.6 cm³/mol. The molecule has 0 saturated carbocycles. The van der Waals surface area contributed by atoms with Crippen LogP contribution >= 0.6 is 11.8 Å². The molecule has 1 aromatic heterocycles. The molecule has 0 amide bonds. The van der Waals surface area contributed by atoms with Crippen LogP contribution in [0.15, 0.2) is 53.7 Å². The Hall–Kier alpha value is -2.12. The first-order chi connectivity index (χ1) is 10.2. The quantitative estimate of drug-likeness (QED) is 0.480. The average molecular weight is 306 g/mol. The van der Waals surface area contributed by atoms with Gasteiger partial charge in [-0.2, -0.15) is 0 Å². The van der Waals surface area contributed by atoms with Gasteiger partial charge in [0.2, 0.25) is 0 Å². The standard InChI is InChI=1S/C14H14N2O4S/c17-11(10-21-14-7-3-4-8-15-14)9-20-13-6-2-1-5-12(13)16(18)19/h1-8,11,17H,9-10H2. The summed E-state index contributed by atoms with van der Waals surface area (Å²) in [5.74, 6) is 0.557. The van der Waals surface area contributed by atoms with Crippen LogP contribution < -0.4 is 4.74 Å². The van der Waals surface area contributed by atoms with Crippen molar-refractivity contribution in [3.05, 3.63) is 58.8 Å². The topological polar surface area (TPSA) is 85.5 Å². The number of nitro benzene ring substituents is 1. The number of nitro groups is 1. The van der Waals surface area contributed by atoms with E-state index in [1.807, 2.05) is 18.2 Å². The number of thioether (sulfide) groups is 1. The Morgan fingerprint density at radius 2 is 2.05 bits per heavy atom. The Kier molecular flexibility index (Phi) is 5.53. The van der Waals surface area contributed by atoms with Gasteiger partial charge in [-0.25, -0.2) is 4.98 Å². The molecule has 1 aromatic carbocycles. The molecule has 0 saturated heterocycles. The van der Waals surface area contributed by atoms with Crippen molar-refractivity contribution in [2.24, 2.45) is 0 Å². The normalized spacial score (nSPS) is 11.9. The Morgan fingerprint density at radius 1 is 1.29 bits per heavy atom. The van der Waals surface area contributed by atoms with Crippen molar-refractivity contribution in [1.82, 2.24) is 4.98 Å². The summed E-state index contributed by atoms with van der Waals surface area (Å²) < 4.78 is 5.32. The zero-order valence-electron chi connectivity index (χ0n) is 11.1. The molecule has 0 aliphatic rings. The van der Waals surface area contributed by atoms with Gasteiger partial charge in [0.1, 0.15) is 6.61 Å². The van der Waals surface area contributed by atoms with Gasteiger partial charge in [0, 0.05) is 18.0 Å². The minimum atomic E-state index is -0.739. The van der Waals surface area contributed by atoms with E-state index in [0.717, 1.165) is 5.03 Å². The zero-order valence-corrected chi connectivity index (χ0v) is 11.9. The first kappa shape index (κ1) is 15.3. The maximum Gasteiger partial charge on any atom is 0.310 e. The molecule has 0 fully saturated rings. The van der Waals surface area contributed by atoms with Crippen LogP contribution in [0.1, 0.15) is 0 Å². The van der Waals surface area contributed by atoms with Crippen LogP contribution in [0.2, 0.25) is 0 Å². The Labute approximate surface area is 125 Å². The van der Waals surface area contributed by atoms with Crippen molar-refractivity contribution in [3.8, 4) is 5.75 Å². The van der Waals surface area contributed by atoms with E-state index in [2.05, 4.69) is 4.98 Å². The number of hydrogen-bond donors (Lipinski definition) is 1. The molecule has 21 heavy (non-hydrogen) atoms. The van der Waals surface area contributed by atoms with Crippen LogP contribution in [0.3, 0.4) is 0 Å². The maximum atomic E-state index is 10.8. The van der Waals surface area contributed by atoms with Crippen LogP contribution in [0.5, 0.6) is 5.75 Å². The molecule has 6 nitrogen and oxygen atoms in total. The van der Waals surface area contributed by atoms with E-state index in [0.29, 0.717) is 5.75 Å². The van der Waals surface area contributed by atoms with Gasteiger partial charge in [0.15, 0.2) is 5.75 Å². The van der Waals surface area contributed by atoms with E-state index in [1.165, 1.54) is 23.9 Å². The first-order valence-corrected chi connectivity index (χ1v) is 7.23. The molecule has 2 rings (SSSR count). The van der Waals surface area contributed by atoms with Gasteiger partial charge in [-0.15, -0.1) is 11.8 Å². The molecule has 0 spiro atoms. The molecule has 0 bridgehead atoms. The van der Waals surface area contributed by atoms with Crippen LogP contribution in [0.25, 0.3) is 0 Å². The number of pyridine rings is 1. The van der Waals surface area contributed by atoms with Gasteiger partial charge >= 0.3 is 5.69 Å². The third-order valence-corrected chi connectivity index (χ3v) is 3.64. The lowest BCUT2D eigenvalue weighted by Crippen LogP contribution is -2.20. The average Bonchev–Trinajstić information content (AvgIpc) is 2.52. The second-order valence-electron chi connectivity index (χ2n) is 4.17. The van der Waals surface area contributed by atoms with Crippen LogP contribution in [0, 0.1) is 10.1 Å². The largest absolute Gasteiger partial charge is 0.484 e. The summed E-state index contributed by atoms with van der Waals surface area (Å²) in [5, 5.41) is 21.5. The lowest BCUT2D eigenvalue weighted by atomic mass is 10.3. The summed E-state index contributed by atoms with van der Waals surface area (Å²) in [6, 6.07) is 11.6. The molecular formula is C14H14N2O4S. The fourth-order valence-corrected chi connectivity index (χ4v) is 2.35. The number of aliphatic hydroxyl groups is 1. The van der Waals surface area contributed by atoms with Crippen molar-refractivity contribution in [3.63, 3.8) is 0 Å². The highest BCUT2D eigenvalue weighted by molar-refractivity contribution is 7.99. The lowest BCUT2D eigenvalue weighted by Gasteiger charge is -2.11. The summed E-state index contributed by atoms with van der Waals surface area (Å²) in [6.45, 7) is -0.00924.